The van der Waals surface area contributed by atoms with Gasteiger partial charge in [0.1, 0.15) is 12.5 Å². The lowest BCUT2D eigenvalue weighted by Gasteiger charge is -2.14. The van der Waals surface area contributed by atoms with Crippen molar-refractivity contribution in [2.24, 2.45) is 11.8 Å². The predicted octanol–water partition coefficient (Wildman–Crippen LogP) is 1.46. The second kappa shape index (κ2) is 4.84. The first kappa shape index (κ1) is 12.8. The average Bonchev–Trinajstić information content (AvgIpc) is 2.00. The van der Waals surface area contributed by atoms with E-state index < -0.39 is 24.5 Å². The van der Waals surface area contributed by atoms with Crippen LogP contribution in [0.4, 0.5) is 13.2 Å². The van der Waals surface area contributed by atoms with Gasteiger partial charge in [0.05, 0.1) is 6.07 Å². The van der Waals surface area contributed by atoms with Crippen LogP contribution in [-0.2, 0) is 4.79 Å². The van der Waals surface area contributed by atoms with Crippen LogP contribution < -0.4 is 5.32 Å². The van der Waals surface area contributed by atoms with Crippen LogP contribution in [0.5, 0.6) is 0 Å². The van der Waals surface area contributed by atoms with Crippen LogP contribution in [0.3, 0.4) is 0 Å². The molecule has 1 N–H and O–H groups in total. The summed E-state index contributed by atoms with van der Waals surface area (Å²) in [5, 5.41) is 10.2. The first-order chi connectivity index (χ1) is 6.28. The van der Waals surface area contributed by atoms with Gasteiger partial charge < -0.3 is 5.32 Å². The number of amides is 1. The summed E-state index contributed by atoms with van der Waals surface area (Å²) < 4.78 is 35.1. The Bertz CT molecular complexity index is 242. The van der Waals surface area contributed by atoms with E-state index in [0.717, 1.165) is 0 Å². The first-order valence-corrected chi connectivity index (χ1v) is 4.02. The zero-order valence-electron chi connectivity index (χ0n) is 7.85. The number of hydrogen-bond donors (Lipinski definition) is 1. The molecule has 0 aromatic heterocycles. The summed E-state index contributed by atoms with van der Waals surface area (Å²) in [6.45, 7) is 1.80. The Hall–Kier alpha value is -1.25. The molecule has 1 atom stereocenters. The van der Waals surface area contributed by atoms with Gasteiger partial charge in [-0.25, -0.2) is 0 Å². The summed E-state index contributed by atoms with van der Waals surface area (Å²) in [4.78, 5) is 11.0. The zero-order valence-corrected chi connectivity index (χ0v) is 7.85. The van der Waals surface area contributed by atoms with Crippen molar-refractivity contribution in [3.63, 3.8) is 0 Å². The lowest BCUT2D eigenvalue weighted by molar-refractivity contribution is -0.140. The topological polar surface area (TPSA) is 52.9 Å². The molecule has 0 rings (SSSR count). The Kier molecular flexibility index (Phi) is 4.41. The molecule has 0 aliphatic carbocycles. The van der Waals surface area contributed by atoms with Gasteiger partial charge >= 0.3 is 6.18 Å². The van der Waals surface area contributed by atoms with E-state index in [1.807, 2.05) is 0 Å². The lowest BCUT2D eigenvalue weighted by atomic mass is 9.97. The SMILES string of the molecule is CC(C)C(C#N)C(=O)NCC(F)(F)F. The highest BCUT2D eigenvalue weighted by atomic mass is 19.4. The van der Waals surface area contributed by atoms with Crippen molar-refractivity contribution in [2.75, 3.05) is 6.54 Å². The number of nitrogens with one attached hydrogen (secondary N) is 1. The number of hydrogen-bond acceptors (Lipinski definition) is 2. The normalized spacial score (nSPS) is 13.5. The summed E-state index contributed by atoms with van der Waals surface area (Å²) >= 11 is 0. The number of halogens is 3. The van der Waals surface area contributed by atoms with Crippen LogP contribution in [0.25, 0.3) is 0 Å². The summed E-state index contributed by atoms with van der Waals surface area (Å²) in [6, 6.07) is 1.66. The Labute approximate surface area is 79.9 Å². The first-order valence-electron chi connectivity index (χ1n) is 4.02. The number of nitriles is 1. The molecule has 0 fully saturated rings. The highest BCUT2D eigenvalue weighted by Gasteiger charge is 2.30. The third-order valence-electron chi connectivity index (χ3n) is 1.55. The van der Waals surface area contributed by atoms with Gasteiger partial charge in [0, 0.05) is 0 Å². The molecule has 0 aliphatic rings. The largest absolute Gasteiger partial charge is 0.405 e. The van der Waals surface area contributed by atoms with E-state index >= 15 is 0 Å². The molecule has 0 spiro atoms. The van der Waals surface area contributed by atoms with E-state index in [2.05, 4.69) is 0 Å². The molecule has 1 unspecified atom stereocenters. The van der Waals surface area contributed by atoms with Gasteiger partial charge in [0.15, 0.2) is 0 Å². The van der Waals surface area contributed by atoms with E-state index in [9.17, 15) is 18.0 Å². The van der Waals surface area contributed by atoms with Gasteiger partial charge in [-0.3, -0.25) is 4.79 Å². The fourth-order valence-electron chi connectivity index (χ4n) is 0.808. The van der Waals surface area contributed by atoms with Crippen molar-refractivity contribution in [3.8, 4) is 6.07 Å². The molecular formula is C8H11F3N2O. The molecule has 0 aliphatic heterocycles. The molecular weight excluding hydrogens is 197 g/mol. The van der Waals surface area contributed by atoms with Crippen molar-refractivity contribution in [3.05, 3.63) is 0 Å². The minimum Gasteiger partial charge on any atom is -0.346 e. The molecule has 0 saturated heterocycles. The highest BCUT2D eigenvalue weighted by molar-refractivity contribution is 5.81. The molecule has 0 heterocycles. The highest BCUT2D eigenvalue weighted by Crippen LogP contribution is 2.14. The number of carbonyl (C=O) groups is 1. The number of alkyl halides is 3. The molecule has 0 bridgehead atoms. The smallest absolute Gasteiger partial charge is 0.346 e. The molecule has 6 heteroatoms. The van der Waals surface area contributed by atoms with Gasteiger partial charge in [-0.1, -0.05) is 13.8 Å². The van der Waals surface area contributed by atoms with Crippen LogP contribution in [-0.4, -0.2) is 18.6 Å². The van der Waals surface area contributed by atoms with Gasteiger partial charge in [0.25, 0.3) is 0 Å². The molecule has 0 aromatic carbocycles. The van der Waals surface area contributed by atoms with Crippen LogP contribution in [0.15, 0.2) is 0 Å². The van der Waals surface area contributed by atoms with Crippen LogP contribution in [0, 0.1) is 23.2 Å². The second-order valence-corrected chi connectivity index (χ2v) is 3.18. The van der Waals surface area contributed by atoms with Crippen molar-refractivity contribution < 1.29 is 18.0 Å². The average molecular weight is 208 g/mol. The number of nitrogens with zero attached hydrogens (tertiary/aromatic N) is 1. The van der Waals surface area contributed by atoms with Crippen molar-refractivity contribution in [1.82, 2.24) is 5.32 Å². The predicted molar refractivity (Wildman–Crippen MR) is 43.0 cm³/mol. The molecule has 0 radical (unpaired) electrons. The Balaban J connectivity index is 4.15. The fourth-order valence-corrected chi connectivity index (χ4v) is 0.808. The Morgan fingerprint density at radius 3 is 2.29 bits per heavy atom. The van der Waals surface area contributed by atoms with Crippen molar-refractivity contribution in [2.45, 2.75) is 20.0 Å². The molecule has 0 aromatic rings. The number of rotatable bonds is 3. The minimum atomic E-state index is -4.44. The lowest BCUT2D eigenvalue weighted by Crippen LogP contribution is -2.38. The van der Waals surface area contributed by atoms with E-state index in [-0.39, 0.29) is 5.92 Å². The van der Waals surface area contributed by atoms with Crippen LogP contribution in [0.1, 0.15) is 13.8 Å². The maximum atomic E-state index is 11.7. The molecule has 3 nitrogen and oxygen atoms in total. The number of carbonyl (C=O) groups excluding carboxylic acids is 1. The Morgan fingerprint density at radius 2 is 2.00 bits per heavy atom. The Morgan fingerprint density at radius 1 is 1.50 bits per heavy atom. The van der Waals surface area contributed by atoms with E-state index in [1.165, 1.54) is 0 Å². The summed E-state index contributed by atoms with van der Waals surface area (Å²) in [6.07, 6.45) is -4.44. The summed E-state index contributed by atoms with van der Waals surface area (Å²) in [7, 11) is 0. The zero-order chi connectivity index (χ0) is 11.4. The van der Waals surface area contributed by atoms with Crippen molar-refractivity contribution in [1.29, 1.82) is 5.26 Å². The third-order valence-corrected chi connectivity index (χ3v) is 1.55. The maximum Gasteiger partial charge on any atom is 0.405 e. The molecule has 0 saturated carbocycles. The van der Waals surface area contributed by atoms with Gasteiger partial charge in [-0.2, -0.15) is 18.4 Å². The van der Waals surface area contributed by atoms with E-state index in [0.29, 0.717) is 0 Å². The summed E-state index contributed by atoms with van der Waals surface area (Å²) in [5.74, 6) is -2.20. The fraction of sp³-hybridized carbons (Fsp3) is 0.750. The van der Waals surface area contributed by atoms with Gasteiger partial charge in [-0.05, 0) is 5.92 Å². The van der Waals surface area contributed by atoms with E-state index in [4.69, 9.17) is 5.26 Å². The standard InChI is InChI=1S/C8H11F3N2O/c1-5(2)6(3-12)7(14)13-4-8(9,10)11/h5-6H,4H2,1-2H3,(H,13,14). The third kappa shape index (κ3) is 4.70. The van der Waals surface area contributed by atoms with Gasteiger partial charge in [0.2, 0.25) is 5.91 Å². The second-order valence-electron chi connectivity index (χ2n) is 3.18. The van der Waals surface area contributed by atoms with Crippen molar-refractivity contribution >= 4 is 5.91 Å². The van der Waals surface area contributed by atoms with Gasteiger partial charge in [-0.15, -0.1) is 0 Å². The molecule has 80 valence electrons. The van der Waals surface area contributed by atoms with E-state index in [1.54, 1.807) is 25.2 Å². The molecule has 1 amide bonds. The van der Waals surface area contributed by atoms with Crippen LogP contribution in [0.2, 0.25) is 0 Å². The quantitative estimate of drug-likeness (QED) is 0.763. The maximum absolute atomic E-state index is 11.7. The summed E-state index contributed by atoms with van der Waals surface area (Å²) in [5.41, 5.74) is 0. The minimum absolute atomic E-state index is 0.298. The molecule has 14 heavy (non-hydrogen) atoms. The van der Waals surface area contributed by atoms with Crippen LogP contribution >= 0.6 is 0 Å². The monoisotopic (exact) mass is 208 g/mol.